The molecule has 0 bridgehead atoms. The van der Waals surface area contributed by atoms with Crippen molar-refractivity contribution in [3.05, 3.63) is 52.5 Å². The van der Waals surface area contributed by atoms with Crippen molar-refractivity contribution in [2.75, 3.05) is 26.8 Å². The summed E-state index contributed by atoms with van der Waals surface area (Å²) in [5.41, 5.74) is 5.61. The fourth-order valence-corrected chi connectivity index (χ4v) is 2.99. The predicted molar refractivity (Wildman–Crippen MR) is 109 cm³/mol. The van der Waals surface area contributed by atoms with Crippen LogP contribution in [-0.4, -0.2) is 32.5 Å². The standard InChI is InChI=1S/C20H20ClN3O3/c1-12-9-18(23-16-7-6-14(21)10-15(12)16)24-22-11-13-5-8-17(25-2)20(27-4)19(13)26-3/h5-11H,1-4H3,(H,23,24)/b22-11-. The van der Waals surface area contributed by atoms with Gasteiger partial charge in [0.15, 0.2) is 11.5 Å². The van der Waals surface area contributed by atoms with Gasteiger partial charge in [-0.3, -0.25) is 5.43 Å². The number of hydrogen-bond acceptors (Lipinski definition) is 6. The molecule has 0 saturated carbocycles. The molecule has 27 heavy (non-hydrogen) atoms. The van der Waals surface area contributed by atoms with Crippen molar-refractivity contribution >= 4 is 34.5 Å². The molecule has 0 fully saturated rings. The van der Waals surface area contributed by atoms with Crippen molar-refractivity contribution in [1.29, 1.82) is 0 Å². The minimum absolute atomic E-state index is 0.514. The zero-order chi connectivity index (χ0) is 19.4. The van der Waals surface area contributed by atoms with Crippen LogP contribution in [0, 0.1) is 6.92 Å². The van der Waals surface area contributed by atoms with E-state index < -0.39 is 0 Å². The number of aryl methyl sites for hydroxylation is 1. The van der Waals surface area contributed by atoms with Gasteiger partial charge in [-0.1, -0.05) is 11.6 Å². The second-order valence-electron chi connectivity index (χ2n) is 5.78. The van der Waals surface area contributed by atoms with Crippen LogP contribution in [0.4, 0.5) is 5.82 Å². The Kier molecular flexibility index (Phi) is 5.66. The topological polar surface area (TPSA) is 65.0 Å². The number of anilines is 1. The Morgan fingerprint density at radius 3 is 2.48 bits per heavy atom. The zero-order valence-electron chi connectivity index (χ0n) is 15.5. The van der Waals surface area contributed by atoms with E-state index in [0.717, 1.165) is 22.0 Å². The van der Waals surface area contributed by atoms with Crippen LogP contribution in [0.3, 0.4) is 0 Å². The number of hydrazone groups is 1. The van der Waals surface area contributed by atoms with Crippen LogP contribution in [0.2, 0.25) is 5.02 Å². The van der Waals surface area contributed by atoms with Crippen molar-refractivity contribution in [3.63, 3.8) is 0 Å². The quantitative estimate of drug-likeness (QED) is 0.493. The molecule has 1 aromatic heterocycles. The molecule has 6 nitrogen and oxygen atoms in total. The van der Waals surface area contributed by atoms with Gasteiger partial charge < -0.3 is 14.2 Å². The van der Waals surface area contributed by atoms with Crippen LogP contribution < -0.4 is 19.6 Å². The Hall–Kier alpha value is -2.99. The van der Waals surface area contributed by atoms with Gasteiger partial charge in [-0.2, -0.15) is 5.10 Å². The summed E-state index contributed by atoms with van der Waals surface area (Å²) < 4.78 is 16.1. The fourth-order valence-electron chi connectivity index (χ4n) is 2.82. The lowest BCUT2D eigenvalue weighted by atomic mass is 10.1. The van der Waals surface area contributed by atoms with Crippen LogP contribution >= 0.6 is 11.6 Å². The third-order valence-corrected chi connectivity index (χ3v) is 4.33. The maximum atomic E-state index is 6.06. The number of fused-ring (bicyclic) bond motifs is 1. The molecule has 1 N–H and O–H groups in total. The highest BCUT2D eigenvalue weighted by molar-refractivity contribution is 6.31. The average molecular weight is 386 g/mol. The number of ether oxygens (including phenoxy) is 3. The number of benzene rings is 2. The number of halogens is 1. The van der Waals surface area contributed by atoms with Crippen LogP contribution in [0.25, 0.3) is 10.9 Å². The van der Waals surface area contributed by atoms with Crippen LogP contribution in [0.5, 0.6) is 17.2 Å². The summed E-state index contributed by atoms with van der Waals surface area (Å²) in [4.78, 5) is 4.55. The molecular weight excluding hydrogens is 366 g/mol. The Labute approximate surface area is 162 Å². The summed E-state index contributed by atoms with van der Waals surface area (Å²) in [6.45, 7) is 2.01. The molecule has 0 aliphatic rings. The van der Waals surface area contributed by atoms with Gasteiger partial charge in [0, 0.05) is 16.0 Å². The smallest absolute Gasteiger partial charge is 0.203 e. The Bertz CT molecular complexity index is 1010. The van der Waals surface area contributed by atoms with Crippen molar-refractivity contribution in [2.45, 2.75) is 6.92 Å². The van der Waals surface area contributed by atoms with Gasteiger partial charge in [-0.15, -0.1) is 0 Å². The summed E-state index contributed by atoms with van der Waals surface area (Å²) in [6.07, 6.45) is 1.64. The summed E-state index contributed by atoms with van der Waals surface area (Å²) >= 11 is 6.06. The van der Waals surface area contributed by atoms with Gasteiger partial charge in [0.2, 0.25) is 5.75 Å². The molecule has 2 aromatic carbocycles. The van der Waals surface area contributed by atoms with E-state index in [9.17, 15) is 0 Å². The number of nitrogens with one attached hydrogen (secondary N) is 1. The lowest BCUT2D eigenvalue weighted by Crippen LogP contribution is -2.00. The molecule has 0 atom stereocenters. The monoisotopic (exact) mass is 385 g/mol. The normalized spacial score (nSPS) is 11.0. The first-order valence-electron chi connectivity index (χ1n) is 8.22. The van der Waals surface area contributed by atoms with E-state index in [1.165, 1.54) is 0 Å². The second-order valence-corrected chi connectivity index (χ2v) is 6.22. The van der Waals surface area contributed by atoms with Gasteiger partial charge in [-0.25, -0.2) is 4.98 Å². The minimum Gasteiger partial charge on any atom is -0.493 e. The van der Waals surface area contributed by atoms with E-state index in [-0.39, 0.29) is 0 Å². The van der Waals surface area contributed by atoms with Gasteiger partial charge in [0.1, 0.15) is 5.82 Å². The van der Waals surface area contributed by atoms with Crippen molar-refractivity contribution < 1.29 is 14.2 Å². The maximum absolute atomic E-state index is 6.06. The SMILES string of the molecule is COc1ccc(/C=N\Nc2cc(C)c3cc(Cl)ccc3n2)c(OC)c1OC. The number of pyridine rings is 1. The lowest BCUT2D eigenvalue weighted by molar-refractivity contribution is 0.324. The first-order chi connectivity index (χ1) is 13.1. The second kappa shape index (κ2) is 8.14. The highest BCUT2D eigenvalue weighted by Crippen LogP contribution is 2.39. The molecule has 3 aromatic rings. The van der Waals surface area contributed by atoms with E-state index in [2.05, 4.69) is 15.5 Å². The average Bonchev–Trinajstić information content (AvgIpc) is 2.68. The molecular formula is C20H20ClN3O3. The van der Waals surface area contributed by atoms with E-state index in [4.69, 9.17) is 25.8 Å². The first kappa shape index (κ1) is 18.8. The highest BCUT2D eigenvalue weighted by Gasteiger charge is 2.14. The lowest BCUT2D eigenvalue weighted by Gasteiger charge is -2.13. The van der Waals surface area contributed by atoms with Gasteiger partial charge in [0.05, 0.1) is 33.1 Å². The van der Waals surface area contributed by atoms with Crippen LogP contribution in [-0.2, 0) is 0 Å². The molecule has 0 radical (unpaired) electrons. The molecule has 1 heterocycles. The summed E-state index contributed by atoms with van der Waals surface area (Å²) in [5.74, 6) is 2.28. The summed E-state index contributed by atoms with van der Waals surface area (Å²) in [5, 5.41) is 5.98. The number of aromatic nitrogens is 1. The van der Waals surface area contributed by atoms with Gasteiger partial charge in [0.25, 0.3) is 0 Å². The molecule has 0 unspecified atom stereocenters. The van der Waals surface area contributed by atoms with E-state index in [0.29, 0.717) is 28.1 Å². The van der Waals surface area contributed by atoms with E-state index in [1.807, 2.05) is 37.3 Å². The summed E-state index contributed by atoms with van der Waals surface area (Å²) in [7, 11) is 4.71. The first-order valence-corrected chi connectivity index (χ1v) is 8.60. The number of methoxy groups -OCH3 is 3. The Morgan fingerprint density at radius 1 is 1.00 bits per heavy atom. The van der Waals surface area contributed by atoms with E-state index >= 15 is 0 Å². The molecule has 0 spiro atoms. The minimum atomic E-state index is 0.514. The van der Waals surface area contributed by atoms with Crippen molar-refractivity contribution in [2.24, 2.45) is 5.10 Å². The number of nitrogens with zero attached hydrogens (tertiary/aromatic N) is 2. The molecule has 3 rings (SSSR count). The molecule has 7 heteroatoms. The highest BCUT2D eigenvalue weighted by atomic mass is 35.5. The number of rotatable bonds is 6. The van der Waals surface area contributed by atoms with Gasteiger partial charge >= 0.3 is 0 Å². The van der Waals surface area contributed by atoms with Crippen LogP contribution in [0.15, 0.2) is 41.5 Å². The van der Waals surface area contributed by atoms with Crippen molar-refractivity contribution in [1.82, 2.24) is 4.98 Å². The molecule has 0 aliphatic heterocycles. The molecule has 140 valence electrons. The third kappa shape index (κ3) is 3.90. The largest absolute Gasteiger partial charge is 0.493 e. The Balaban J connectivity index is 1.88. The predicted octanol–water partition coefficient (Wildman–Crippen LogP) is 4.67. The summed E-state index contributed by atoms with van der Waals surface area (Å²) in [6, 6.07) is 11.2. The van der Waals surface area contributed by atoms with Crippen molar-refractivity contribution in [3.8, 4) is 17.2 Å². The number of hydrogen-bond donors (Lipinski definition) is 1. The zero-order valence-corrected chi connectivity index (χ0v) is 16.3. The van der Waals surface area contributed by atoms with E-state index in [1.54, 1.807) is 33.6 Å². The fraction of sp³-hybridized carbons (Fsp3) is 0.200. The molecule has 0 aliphatic carbocycles. The molecule has 0 saturated heterocycles. The third-order valence-electron chi connectivity index (χ3n) is 4.09. The van der Waals surface area contributed by atoms with Gasteiger partial charge in [-0.05, 0) is 48.9 Å². The Morgan fingerprint density at radius 2 is 1.78 bits per heavy atom. The maximum Gasteiger partial charge on any atom is 0.203 e. The molecule has 0 amide bonds. The van der Waals surface area contributed by atoms with Crippen LogP contribution in [0.1, 0.15) is 11.1 Å².